The monoisotopic (exact) mass is 455 g/mol. The van der Waals surface area contributed by atoms with E-state index >= 15 is 0 Å². The number of hydrogen-bond acceptors (Lipinski definition) is 8. The lowest BCUT2D eigenvalue weighted by atomic mass is 10.2. The van der Waals surface area contributed by atoms with Crippen LogP contribution in [0.5, 0.6) is 11.5 Å². The van der Waals surface area contributed by atoms with Gasteiger partial charge in [-0.3, -0.25) is 9.36 Å². The lowest BCUT2D eigenvalue weighted by Crippen LogP contribution is -2.37. The highest BCUT2D eigenvalue weighted by Crippen LogP contribution is 2.30. The first-order valence-electron chi connectivity index (χ1n) is 10.2. The predicted octanol–water partition coefficient (Wildman–Crippen LogP) is 2.85. The van der Waals surface area contributed by atoms with E-state index in [0.29, 0.717) is 35.6 Å². The number of amides is 1. The summed E-state index contributed by atoms with van der Waals surface area (Å²) < 4.78 is 18.0. The van der Waals surface area contributed by atoms with Crippen LogP contribution in [0.3, 0.4) is 0 Å². The van der Waals surface area contributed by atoms with Crippen molar-refractivity contribution in [1.82, 2.24) is 14.8 Å². The van der Waals surface area contributed by atoms with Crippen molar-refractivity contribution >= 4 is 29.3 Å². The Hall–Kier alpha value is -3.24. The highest BCUT2D eigenvalue weighted by Gasteiger charge is 2.22. The number of thioether (sulfide) groups is 1. The zero-order chi connectivity index (χ0) is 22.3. The standard InChI is InChI=1S/C22H25N5O4S/c1-29-17-8-9-18(19(14-17)30-2)23-20(28)15-32-22-25-24-21(26-10-12-31-13-11-26)27(22)16-6-4-3-5-7-16/h3-9,14H,10-13,15H2,1-2H3,(H,23,28). The Balaban J connectivity index is 1.51. The Kier molecular flexibility index (Phi) is 7.13. The van der Waals surface area contributed by atoms with Gasteiger partial charge in [0.2, 0.25) is 11.9 Å². The van der Waals surface area contributed by atoms with Gasteiger partial charge in [0, 0.05) is 19.2 Å². The second kappa shape index (κ2) is 10.4. The summed E-state index contributed by atoms with van der Waals surface area (Å²) in [5, 5.41) is 12.3. The number of nitrogens with zero attached hydrogens (tertiary/aromatic N) is 4. The van der Waals surface area contributed by atoms with E-state index in [-0.39, 0.29) is 11.7 Å². The Morgan fingerprint density at radius 3 is 2.59 bits per heavy atom. The number of para-hydroxylation sites is 1. The average Bonchev–Trinajstić information content (AvgIpc) is 3.28. The topological polar surface area (TPSA) is 90.7 Å². The number of rotatable bonds is 8. The number of anilines is 2. The van der Waals surface area contributed by atoms with E-state index in [1.54, 1.807) is 32.4 Å². The first kappa shape index (κ1) is 22.0. The third-order valence-electron chi connectivity index (χ3n) is 4.94. The average molecular weight is 456 g/mol. The van der Waals surface area contributed by atoms with Crippen LogP contribution in [-0.4, -0.2) is 66.9 Å². The normalized spacial score (nSPS) is 13.6. The van der Waals surface area contributed by atoms with Crippen molar-refractivity contribution < 1.29 is 19.0 Å². The summed E-state index contributed by atoms with van der Waals surface area (Å²) >= 11 is 1.33. The fraction of sp³-hybridized carbons (Fsp3) is 0.318. The third-order valence-corrected chi connectivity index (χ3v) is 5.87. The SMILES string of the molecule is COc1ccc(NC(=O)CSc2nnc(N3CCOCC3)n2-c2ccccc2)c(OC)c1. The molecule has 0 atom stereocenters. The molecule has 4 rings (SSSR count). The summed E-state index contributed by atoms with van der Waals surface area (Å²) in [6.07, 6.45) is 0. The van der Waals surface area contributed by atoms with E-state index in [1.807, 2.05) is 34.9 Å². The molecule has 1 amide bonds. The molecule has 0 spiro atoms. The second-order valence-corrected chi connectivity index (χ2v) is 7.90. The highest BCUT2D eigenvalue weighted by atomic mass is 32.2. The van der Waals surface area contributed by atoms with Crippen LogP contribution in [0.2, 0.25) is 0 Å². The van der Waals surface area contributed by atoms with Gasteiger partial charge in [-0.2, -0.15) is 0 Å². The minimum Gasteiger partial charge on any atom is -0.497 e. The van der Waals surface area contributed by atoms with Gasteiger partial charge in [0.1, 0.15) is 11.5 Å². The fourth-order valence-corrected chi connectivity index (χ4v) is 4.09. The summed E-state index contributed by atoms with van der Waals surface area (Å²) in [7, 11) is 3.13. The van der Waals surface area contributed by atoms with Crippen LogP contribution in [0.1, 0.15) is 0 Å². The van der Waals surface area contributed by atoms with E-state index < -0.39 is 0 Å². The van der Waals surface area contributed by atoms with Gasteiger partial charge in [-0.1, -0.05) is 30.0 Å². The lowest BCUT2D eigenvalue weighted by molar-refractivity contribution is -0.113. The van der Waals surface area contributed by atoms with Gasteiger partial charge in [0.15, 0.2) is 5.16 Å². The summed E-state index contributed by atoms with van der Waals surface area (Å²) in [6, 6.07) is 15.1. The quantitative estimate of drug-likeness (QED) is 0.519. The van der Waals surface area contributed by atoms with Crippen LogP contribution in [0.15, 0.2) is 53.7 Å². The van der Waals surface area contributed by atoms with E-state index in [9.17, 15) is 4.79 Å². The van der Waals surface area contributed by atoms with Crippen LogP contribution in [0.4, 0.5) is 11.6 Å². The zero-order valence-corrected chi connectivity index (χ0v) is 18.8. The van der Waals surface area contributed by atoms with Crippen molar-refractivity contribution in [3.63, 3.8) is 0 Å². The molecule has 1 aliphatic rings. The zero-order valence-electron chi connectivity index (χ0n) is 18.0. The van der Waals surface area contributed by atoms with Crippen LogP contribution in [0.25, 0.3) is 5.69 Å². The number of ether oxygens (including phenoxy) is 3. The maximum Gasteiger partial charge on any atom is 0.234 e. The molecule has 3 aromatic rings. The summed E-state index contributed by atoms with van der Waals surface area (Å²) in [5.41, 5.74) is 1.52. The third kappa shape index (κ3) is 4.97. The first-order valence-corrected chi connectivity index (χ1v) is 11.2. The Labute approximate surface area is 190 Å². The van der Waals surface area contributed by atoms with Gasteiger partial charge in [-0.05, 0) is 24.3 Å². The smallest absolute Gasteiger partial charge is 0.234 e. The number of carbonyl (C=O) groups excluding carboxylic acids is 1. The molecule has 2 heterocycles. The van der Waals surface area contributed by atoms with Crippen LogP contribution >= 0.6 is 11.8 Å². The molecule has 0 bridgehead atoms. The van der Waals surface area contributed by atoms with Crippen molar-refractivity contribution in [2.75, 3.05) is 56.5 Å². The number of hydrogen-bond donors (Lipinski definition) is 1. The molecule has 2 aromatic carbocycles. The van der Waals surface area contributed by atoms with Crippen LogP contribution < -0.4 is 19.7 Å². The van der Waals surface area contributed by atoms with Crippen molar-refractivity contribution in [3.8, 4) is 17.2 Å². The van der Waals surface area contributed by atoms with E-state index in [2.05, 4.69) is 20.4 Å². The summed E-state index contributed by atoms with van der Waals surface area (Å²) in [4.78, 5) is 14.8. The van der Waals surface area contributed by atoms with E-state index in [4.69, 9.17) is 14.2 Å². The molecule has 1 N–H and O–H groups in total. The molecule has 32 heavy (non-hydrogen) atoms. The number of morpholine rings is 1. The largest absolute Gasteiger partial charge is 0.497 e. The number of methoxy groups -OCH3 is 2. The molecule has 9 nitrogen and oxygen atoms in total. The van der Waals surface area contributed by atoms with Gasteiger partial charge in [-0.15, -0.1) is 10.2 Å². The molecule has 1 aromatic heterocycles. The maximum atomic E-state index is 12.7. The lowest BCUT2D eigenvalue weighted by Gasteiger charge is -2.27. The molecule has 0 unspecified atom stereocenters. The minimum atomic E-state index is -0.172. The summed E-state index contributed by atoms with van der Waals surface area (Å²) in [6.45, 7) is 2.78. The van der Waals surface area contributed by atoms with Gasteiger partial charge >= 0.3 is 0 Å². The highest BCUT2D eigenvalue weighted by molar-refractivity contribution is 7.99. The molecule has 0 aliphatic carbocycles. The number of benzene rings is 2. The summed E-state index contributed by atoms with van der Waals surface area (Å²) in [5.74, 6) is 1.93. The molecule has 1 aliphatic heterocycles. The van der Waals surface area contributed by atoms with Gasteiger partial charge in [-0.25, -0.2) is 0 Å². The number of nitrogens with one attached hydrogen (secondary N) is 1. The van der Waals surface area contributed by atoms with Crippen LogP contribution in [0, 0.1) is 0 Å². The molecular weight excluding hydrogens is 430 g/mol. The predicted molar refractivity (Wildman–Crippen MR) is 123 cm³/mol. The molecule has 1 saturated heterocycles. The van der Waals surface area contributed by atoms with E-state index in [1.165, 1.54) is 11.8 Å². The molecule has 1 fully saturated rings. The molecule has 10 heteroatoms. The Morgan fingerprint density at radius 2 is 1.88 bits per heavy atom. The van der Waals surface area contributed by atoms with Crippen molar-refractivity contribution in [3.05, 3.63) is 48.5 Å². The number of aromatic nitrogens is 3. The second-order valence-electron chi connectivity index (χ2n) is 6.96. The first-order chi connectivity index (χ1) is 15.7. The number of carbonyl (C=O) groups is 1. The molecule has 0 radical (unpaired) electrons. The maximum absolute atomic E-state index is 12.7. The molecule has 0 saturated carbocycles. The van der Waals surface area contributed by atoms with Crippen LogP contribution in [-0.2, 0) is 9.53 Å². The minimum absolute atomic E-state index is 0.170. The Morgan fingerprint density at radius 1 is 1.09 bits per heavy atom. The van der Waals surface area contributed by atoms with Crippen molar-refractivity contribution in [2.24, 2.45) is 0 Å². The van der Waals surface area contributed by atoms with Crippen molar-refractivity contribution in [2.45, 2.75) is 5.16 Å². The van der Waals surface area contributed by atoms with Gasteiger partial charge < -0.3 is 24.4 Å². The van der Waals surface area contributed by atoms with Gasteiger partial charge in [0.05, 0.1) is 44.6 Å². The van der Waals surface area contributed by atoms with Crippen molar-refractivity contribution in [1.29, 1.82) is 0 Å². The Bertz CT molecular complexity index is 1050. The van der Waals surface area contributed by atoms with Gasteiger partial charge in [0.25, 0.3) is 0 Å². The van der Waals surface area contributed by atoms with E-state index in [0.717, 1.165) is 24.7 Å². The molecular formula is C22H25N5O4S. The fourth-order valence-electron chi connectivity index (χ4n) is 3.35. The molecule has 168 valence electrons.